The minimum absolute atomic E-state index is 0.0441. The first-order valence-electron chi connectivity index (χ1n) is 5.92. The summed E-state index contributed by atoms with van der Waals surface area (Å²) in [6, 6.07) is 10.3. The van der Waals surface area contributed by atoms with E-state index in [-0.39, 0.29) is 18.6 Å². The van der Waals surface area contributed by atoms with Gasteiger partial charge in [-0.2, -0.15) is 0 Å². The molecular weight excluding hydrogens is 216 g/mol. The van der Waals surface area contributed by atoms with Gasteiger partial charge in [-0.05, 0) is 12.0 Å². The highest BCUT2D eigenvalue weighted by Crippen LogP contribution is 2.13. The van der Waals surface area contributed by atoms with Crippen molar-refractivity contribution in [2.24, 2.45) is 5.73 Å². The smallest absolute Gasteiger partial charge is 0.248 e. The van der Waals surface area contributed by atoms with E-state index in [1.165, 1.54) is 5.56 Å². The molecule has 1 aliphatic rings. The van der Waals surface area contributed by atoms with Crippen molar-refractivity contribution in [3.63, 3.8) is 0 Å². The molecule has 0 bridgehead atoms. The predicted octanol–water partition coefficient (Wildman–Crippen LogP) is 0.415. The van der Waals surface area contributed by atoms with Crippen LogP contribution in [0.1, 0.15) is 5.56 Å². The number of nitrogens with two attached hydrogens (primary N) is 1. The Bertz CT molecular complexity index is 367. The van der Waals surface area contributed by atoms with E-state index in [1.807, 2.05) is 23.1 Å². The molecule has 1 unspecified atom stereocenters. The molecule has 1 saturated heterocycles. The summed E-state index contributed by atoms with van der Waals surface area (Å²) < 4.78 is 5.31. The summed E-state index contributed by atoms with van der Waals surface area (Å²) in [4.78, 5) is 13.6. The molecule has 92 valence electrons. The van der Waals surface area contributed by atoms with Crippen LogP contribution in [-0.2, 0) is 16.0 Å². The lowest BCUT2D eigenvalue weighted by Gasteiger charge is -2.35. The first-order valence-corrected chi connectivity index (χ1v) is 5.92. The average Bonchev–Trinajstić information content (AvgIpc) is 2.35. The molecule has 4 heteroatoms. The van der Waals surface area contributed by atoms with Crippen LogP contribution in [-0.4, -0.2) is 43.2 Å². The van der Waals surface area contributed by atoms with E-state index in [1.54, 1.807) is 0 Å². The Kier molecular flexibility index (Phi) is 4.12. The summed E-state index contributed by atoms with van der Waals surface area (Å²) in [6.45, 7) is 1.89. The van der Waals surface area contributed by atoms with Crippen molar-refractivity contribution in [1.29, 1.82) is 0 Å². The van der Waals surface area contributed by atoms with Crippen LogP contribution in [0.2, 0.25) is 0 Å². The van der Waals surface area contributed by atoms with Gasteiger partial charge in [0.15, 0.2) is 0 Å². The monoisotopic (exact) mass is 234 g/mol. The number of nitrogens with zero attached hydrogens (tertiary/aromatic N) is 1. The van der Waals surface area contributed by atoms with Gasteiger partial charge >= 0.3 is 0 Å². The van der Waals surface area contributed by atoms with E-state index in [2.05, 4.69) is 12.1 Å². The molecule has 0 radical (unpaired) electrons. The Morgan fingerprint density at radius 3 is 2.82 bits per heavy atom. The Morgan fingerprint density at radius 2 is 2.12 bits per heavy atom. The highest BCUT2D eigenvalue weighted by Gasteiger charge is 2.27. The molecule has 2 N–H and O–H groups in total. The van der Waals surface area contributed by atoms with Crippen LogP contribution in [0.15, 0.2) is 30.3 Å². The van der Waals surface area contributed by atoms with Gasteiger partial charge in [0.05, 0.1) is 12.6 Å². The van der Waals surface area contributed by atoms with Crippen molar-refractivity contribution < 1.29 is 9.53 Å². The fourth-order valence-electron chi connectivity index (χ4n) is 2.16. The van der Waals surface area contributed by atoms with Crippen LogP contribution < -0.4 is 5.73 Å². The summed E-state index contributed by atoms with van der Waals surface area (Å²) >= 11 is 0. The fourth-order valence-corrected chi connectivity index (χ4v) is 2.16. The first kappa shape index (κ1) is 12.1. The van der Waals surface area contributed by atoms with Crippen molar-refractivity contribution in [3.05, 3.63) is 35.9 Å². The molecule has 1 aliphatic heterocycles. The second-order valence-electron chi connectivity index (χ2n) is 4.23. The van der Waals surface area contributed by atoms with Gasteiger partial charge in [-0.25, -0.2) is 0 Å². The maximum atomic E-state index is 11.7. The van der Waals surface area contributed by atoms with Gasteiger partial charge in [0.1, 0.15) is 6.61 Å². The Labute approximate surface area is 101 Å². The Balaban J connectivity index is 2.04. The van der Waals surface area contributed by atoms with Crippen molar-refractivity contribution >= 4 is 5.91 Å². The largest absolute Gasteiger partial charge is 0.369 e. The number of morpholine rings is 1. The SMILES string of the molecule is NCCN1C(=O)COCC1Cc1ccccc1. The third kappa shape index (κ3) is 3.05. The number of carbonyl (C=O) groups is 1. The Morgan fingerprint density at radius 1 is 1.35 bits per heavy atom. The zero-order valence-corrected chi connectivity index (χ0v) is 9.84. The van der Waals surface area contributed by atoms with E-state index in [4.69, 9.17) is 10.5 Å². The van der Waals surface area contributed by atoms with E-state index in [9.17, 15) is 4.79 Å². The van der Waals surface area contributed by atoms with E-state index in [0.717, 1.165) is 6.42 Å². The summed E-state index contributed by atoms with van der Waals surface area (Å²) in [6.07, 6.45) is 0.826. The highest BCUT2D eigenvalue weighted by molar-refractivity contribution is 5.78. The van der Waals surface area contributed by atoms with Crippen LogP contribution in [0.3, 0.4) is 0 Å². The average molecular weight is 234 g/mol. The highest BCUT2D eigenvalue weighted by atomic mass is 16.5. The zero-order valence-electron chi connectivity index (χ0n) is 9.84. The van der Waals surface area contributed by atoms with Crippen LogP contribution in [0.5, 0.6) is 0 Å². The van der Waals surface area contributed by atoms with Gasteiger partial charge in [0.25, 0.3) is 0 Å². The lowest BCUT2D eigenvalue weighted by atomic mass is 10.0. The number of ether oxygens (including phenoxy) is 1. The number of hydrogen-bond donors (Lipinski definition) is 1. The molecular formula is C13H18N2O2. The molecule has 0 spiro atoms. The molecule has 1 amide bonds. The van der Waals surface area contributed by atoms with Gasteiger partial charge in [0, 0.05) is 13.1 Å². The Hall–Kier alpha value is -1.39. The molecule has 0 aromatic heterocycles. The molecule has 1 aromatic carbocycles. The molecule has 17 heavy (non-hydrogen) atoms. The molecule has 2 rings (SSSR count). The summed E-state index contributed by atoms with van der Waals surface area (Å²) in [7, 11) is 0. The van der Waals surface area contributed by atoms with Crippen LogP contribution >= 0.6 is 0 Å². The van der Waals surface area contributed by atoms with E-state index < -0.39 is 0 Å². The van der Waals surface area contributed by atoms with Crippen LogP contribution in [0, 0.1) is 0 Å². The van der Waals surface area contributed by atoms with Crippen LogP contribution in [0.4, 0.5) is 0 Å². The lowest BCUT2D eigenvalue weighted by Crippen LogP contribution is -2.52. The van der Waals surface area contributed by atoms with Crippen molar-refractivity contribution in [2.75, 3.05) is 26.3 Å². The maximum absolute atomic E-state index is 11.7. The molecule has 4 nitrogen and oxygen atoms in total. The van der Waals surface area contributed by atoms with Gasteiger partial charge in [0.2, 0.25) is 5.91 Å². The van der Waals surface area contributed by atoms with Crippen molar-refractivity contribution in [1.82, 2.24) is 4.90 Å². The second-order valence-corrected chi connectivity index (χ2v) is 4.23. The minimum atomic E-state index is 0.0441. The molecule has 1 aromatic rings. The van der Waals surface area contributed by atoms with Crippen LogP contribution in [0.25, 0.3) is 0 Å². The summed E-state index contributed by atoms with van der Waals surface area (Å²) in [5, 5.41) is 0. The third-order valence-corrected chi connectivity index (χ3v) is 2.98. The maximum Gasteiger partial charge on any atom is 0.248 e. The third-order valence-electron chi connectivity index (χ3n) is 2.98. The first-order chi connectivity index (χ1) is 8.31. The molecule has 1 atom stereocenters. The topological polar surface area (TPSA) is 55.6 Å². The van der Waals surface area contributed by atoms with Crippen molar-refractivity contribution in [2.45, 2.75) is 12.5 Å². The number of hydrogen-bond acceptors (Lipinski definition) is 3. The molecule has 0 saturated carbocycles. The van der Waals surface area contributed by atoms with E-state index >= 15 is 0 Å². The molecule has 0 aliphatic carbocycles. The standard InChI is InChI=1S/C13H18N2O2/c14-6-7-15-12(9-17-10-13(15)16)8-11-4-2-1-3-5-11/h1-5,12H,6-10,14H2. The lowest BCUT2D eigenvalue weighted by molar-refractivity contribution is -0.147. The quantitative estimate of drug-likeness (QED) is 0.821. The van der Waals surface area contributed by atoms with Gasteiger partial charge in [-0.15, -0.1) is 0 Å². The minimum Gasteiger partial charge on any atom is -0.369 e. The van der Waals surface area contributed by atoms with Gasteiger partial charge in [-0.3, -0.25) is 4.79 Å². The van der Waals surface area contributed by atoms with Crippen molar-refractivity contribution in [3.8, 4) is 0 Å². The molecule has 1 fully saturated rings. The predicted molar refractivity (Wildman–Crippen MR) is 65.5 cm³/mol. The summed E-state index contributed by atoms with van der Waals surface area (Å²) in [5.74, 6) is 0.0441. The van der Waals surface area contributed by atoms with Gasteiger partial charge < -0.3 is 15.4 Å². The summed E-state index contributed by atoms with van der Waals surface area (Å²) in [5.41, 5.74) is 6.76. The second kappa shape index (κ2) is 5.80. The van der Waals surface area contributed by atoms with E-state index in [0.29, 0.717) is 19.7 Å². The number of benzene rings is 1. The normalized spacial score (nSPS) is 20.6. The number of amides is 1. The van der Waals surface area contributed by atoms with Gasteiger partial charge in [-0.1, -0.05) is 30.3 Å². The fraction of sp³-hybridized carbons (Fsp3) is 0.462. The number of rotatable bonds is 4. The molecule has 1 heterocycles. The number of carbonyl (C=O) groups excluding carboxylic acids is 1. The zero-order chi connectivity index (χ0) is 12.1.